The van der Waals surface area contributed by atoms with Gasteiger partial charge in [-0.05, 0) is 49.1 Å². The van der Waals surface area contributed by atoms with Gasteiger partial charge in [0.15, 0.2) is 0 Å². The number of fused-ring (bicyclic) bond motifs is 2. The molecular formula is C25H28N4O3. The fraction of sp³-hybridized carbons (Fsp3) is 0.320. The van der Waals surface area contributed by atoms with Crippen molar-refractivity contribution in [2.24, 2.45) is 0 Å². The van der Waals surface area contributed by atoms with E-state index in [-0.39, 0.29) is 17.9 Å². The number of carbonyl (C=O) groups excluding carboxylic acids is 2. The van der Waals surface area contributed by atoms with Crippen molar-refractivity contribution >= 4 is 34.7 Å². The van der Waals surface area contributed by atoms with Gasteiger partial charge >= 0.3 is 0 Å². The monoisotopic (exact) mass is 432 g/mol. The van der Waals surface area contributed by atoms with Gasteiger partial charge in [-0.3, -0.25) is 9.59 Å². The van der Waals surface area contributed by atoms with E-state index >= 15 is 0 Å². The zero-order chi connectivity index (χ0) is 22.7. The molecule has 1 aliphatic rings. The fourth-order valence-electron chi connectivity index (χ4n) is 3.92. The molecule has 2 amide bonds. The molecule has 2 N–H and O–H groups in total. The third-order valence-corrected chi connectivity index (χ3v) is 5.78. The fourth-order valence-corrected chi connectivity index (χ4v) is 3.92. The van der Waals surface area contributed by atoms with Crippen LogP contribution in [0.2, 0.25) is 0 Å². The highest BCUT2D eigenvalue weighted by atomic mass is 16.3. The normalized spacial score (nSPS) is 16.5. The quantitative estimate of drug-likeness (QED) is 0.602. The number of rotatable bonds is 5. The maximum absolute atomic E-state index is 12.7. The Hall–Kier alpha value is -3.45. The van der Waals surface area contributed by atoms with Crippen LogP contribution in [0, 0.1) is 0 Å². The summed E-state index contributed by atoms with van der Waals surface area (Å²) >= 11 is 0. The number of hydrogen-bond donors (Lipinski definition) is 2. The number of pyridine rings is 1. The first kappa shape index (κ1) is 21.8. The summed E-state index contributed by atoms with van der Waals surface area (Å²) in [7, 11) is 1.76. The lowest BCUT2D eigenvalue weighted by Gasteiger charge is -2.19. The largest absolute Gasteiger partial charge is 0.459 e. The average Bonchev–Trinajstić information content (AvgIpc) is 3.14. The number of amides is 2. The van der Waals surface area contributed by atoms with Crippen LogP contribution in [0.1, 0.15) is 36.3 Å². The second kappa shape index (κ2) is 9.36. The maximum atomic E-state index is 12.7. The smallest absolute Gasteiger partial charge is 0.246 e. The van der Waals surface area contributed by atoms with Crippen molar-refractivity contribution in [1.29, 1.82) is 0 Å². The van der Waals surface area contributed by atoms with Gasteiger partial charge in [-0.2, -0.15) is 0 Å². The highest BCUT2D eigenvalue weighted by Crippen LogP contribution is 2.27. The van der Waals surface area contributed by atoms with Crippen LogP contribution in [-0.4, -0.2) is 41.3 Å². The van der Waals surface area contributed by atoms with Gasteiger partial charge in [-0.1, -0.05) is 25.1 Å². The number of anilines is 1. The van der Waals surface area contributed by atoms with E-state index < -0.39 is 0 Å². The molecular weight excluding hydrogens is 404 g/mol. The summed E-state index contributed by atoms with van der Waals surface area (Å²) in [6.07, 6.45) is 6.54. The summed E-state index contributed by atoms with van der Waals surface area (Å²) in [5.41, 5.74) is 3.74. The van der Waals surface area contributed by atoms with Gasteiger partial charge in [0.05, 0.1) is 12.6 Å². The Morgan fingerprint density at radius 3 is 2.97 bits per heavy atom. The maximum Gasteiger partial charge on any atom is 0.246 e. The lowest BCUT2D eigenvalue weighted by Crippen LogP contribution is -2.41. The zero-order valence-corrected chi connectivity index (χ0v) is 18.6. The third kappa shape index (κ3) is 4.57. The highest BCUT2D eigenvalue weighted by molar-refractivity contribution is 5.95. The number of aromatic nitrogens is 1. The predicted molar refractivity (Wildman–Crippen MR) is 125 cm³/mol. The molecule has 0 bridgehead atoms. The number of nitrogens with zero attached hydrogens (tertiary/aromatic N) is 2. The van der Waals surface area contributed by atoms with Crippen molar-refractivity contribution in [1.82, 2.24) is 15.2 Å². The van der Waals surface area contributed by atoms with E-state index in [1.807, 2.05) is 31.2 Å². The van der Waals surface area contributed by atoms with Crippen LogP contribution >= 0.6 is 0 Å². The summed E-state index contributed by atoms with van der Waals surface area (Å²) in [6, 6.07) is 9.65. The Labute approximate surface area is 187 Å². The number of furan rings is 1. The summed E-state index contributed by atoms with van der Waals surface area (Å²) < 4.78 is 6.01. The molecule has 0 aliphatic carbocycles. The summed E-state index contributed by atoms with van der Waals surface area (Å²) in [4.78, 5) is 30.8. The standard InChI is InChI=1S/C25H28N4O3/c1-4-19-20-7-5-6-8-21(20)32-22(19)15-29(3)23(30)10-9-17-13-18-11-12-26-16(2)25(31)28-24(18)27-14-17/h5-10,13-14,16,26H,4,11-12,15H2,1-3H3,(H,27,28,31)/b10-9+. The molecule has 1 atom stereocenters. The van der Waals surface area contributed by atoms with Crippen molar-refractivity contribution in [3.05, 3.63) is 65.1 Å². The molecule has 1 aromatic carbocycles. The van der Waals surface area contributed by atoms with E-state index in [9.17, 15) is 9.59 Å². The van der Waals surface area contributed by atoms with Crippen molar-refractivity contribution in [2.45, 2.75) is 39.3 Å². The SMILES string of the molecule is CCc1c(CN(C)C(=O)/C=C/c2cnc3c(c2)CCNC(C)C(=O)N3)oc2ccccc12. The van der Waals surface area contributed by atoms with E-state index in [0.29, 0.717) is 18.9 Å². The van der Waals surface area contributed by atoms with Crippen LogP contribution in [0.4, 0.5) is 5.82 Å². The Morgan fingerprint density at radius 2 is 2.16 bits per heavy atom. The molecule has 32 heavy (non-hydrogen) atoms. The zero-order valence-electron chi connectivity index (χ0n) is 18.6. The molecule has 7 heteroatoms. The summed E-state index contributed by atoms with van der Waals surface area (Å²) in [5, 5.41) is 7.12. The number of benzene rings is 1. The molecule has 0 fully saturated rings. The first-order chi connectivity index (χ1) is 15.5. The minimum Gasteiger partial charge on any atom is -0.459 e. The van der Waals surface area contributed by atoms with Gasteiger partial charge in [0, 0.05) is 36.8 Å². The molecule has 3 aromatic rings. The second-order valence-electron chi connectivity index (χ2n) is 8.07. The van der Waals surface area contributed by atoms with Gasteiger partial charge in [-0.15, -0.1) is 0 Å². The molecule has 1 aliphatic heterocycles. The first-order valence-electron chi connectivity index (χ1n) is 10.9. The van der Waals surface area contributed by atoms with Crippen molar-refractivity contribution in [3.8, 4) is 0 Å². The van der Waals surface area contributed by atoms with Crippen LogP contribution in [-0.2, 0) is 29.0 Å². The van der Waals surface area contributed by atoms with Crippen molar-refractivity contribution < 1.29 is 14.0 Å². The molecule has 2 aromatic heterocycles. The number of hydrogen-bond acceptors (Lipinski definition) is 5. The van der Waals surface area contributed by atoms with Crippen molar-refractivity contribution in [3.63, 3.8) is 0 Å². The average molecular weight is 433 g/mol. The van der Waals surface area contributed by atoms with Crippen LogP contribution in [0.25, 0.3) is 17.0 Å². The Bertz CT molecular complexity index is 1180. The lowest BCUT2D eigenvalue weighted by atomic mass is 10.1. The molecule has 0 saturated heterocycles. The molecule has 166 valence electrons. The van der Waals surface area contributed by atoms with Gasteiger partial charge in [-0.25, -0.2) is 4.98 Å². The molecule has 4 rings (SSSR count). The number of aryl methyl sites for hydroxylation is 1. The number of nitrogens with one attached hydrogen (secondary N) is 2. The number of likely N-dealkylation sites (N-methyl/N-ethyl adjacent to an activating group) is 1. The first-order valence-corrected chi connectivity index (χ1v) is 10.9. The van der Waals surface area contributed by atoms with Gasteiger partial charge in [0.1, 0.15) is 17.2 Å². The minimum absolute atomic E-state index is 0.101. The van der Waals surface area contributed by atoms with E-state index in [1.54, 1.807) is 30.3 Å². The second-order valence-corrected chi connectivity index (χ2v) is 8.07. The van der Waals surface area contributed by atoms with Crippen LogP contribution < -0.4 is 10.6 Å². The van der Waals surface area contributed by atoms with Crippen LogP contribution in [0.3, 0.4) is 0 Å². The summed E-state index contributed by atoms with van der Waals surface area (Å²) in [5.74, 6) is 1.18. The van der Waals surface area contributed by atoms with E-state index in [2.05, 4.69) is 28.6 Å². The topological polar surface area (TPSA) is 87.5 Å². The Morgan fingerprint density at radius 1 is 1.34 bits per heavy atom. The van der Waals surface area contributed by atoms with E-state index in [0.717, 1.165) is 46.3 Å². The Balaban J connectivity index is 1.46. The molecule has 1 unspecified atom stereocenters. The third-order valence-electron chi connectivity index (χ3n) is 5.78. The number of para-hydroxylation sites is 1. The molecule has 0 saturated carbocycles. The molecule has 0 spiro atoms. The van der Waals surface area contributed by atoms with E-state index in [1.165, 1.54) is 0 Å². The van der Waals surface area contributed by atoms with Crippen LogP contribution in [0.15, 0.2) is 47.0 Å². The van der Waals surface area contributed by atoms with Gasteiger partial charge in [0.2, 0.25) is 11.8 Å². The van der Waals surface area contributed by atoms with E-state index in [4.69, 9.17) is 4.42 Å². The van der Waals surface area contributed by atoms with Gasteiger partial charge < -0.3 is 20.0 Å². The molecule has 3 heterocycles. The Kier molecular flexibility index (Phi) is 6.37. The highest BCUT2D eigenvalue weighted by Gasteiger charge is 2.19. The lowest BCUT2D eigenvalue weighted by molar-refractivity contribution is -0.125. The van der Waals surface area contributed by atoms with Crippen molar-refractivity contribution in [2.75, 3.05) is 18.9 Å². The number of carbonyl (C=O) groups is 2. The predicted octanol–water partition coefficient (Wildman–Crippen LogP) is 3.53. The van der Waals surface area contributed by atoms with Crippen LogP contribution in [0.5, 0.6) is 0 Å². The minimum atomic E-state index is -0.252. The molecule has 7 nitrogen and oxygen atoms in total. The van der Waals surface area contributed by atoms with Gasteiger partial charge in [0.25, 0.3) is 0 Å². The summed E-state index contributed by atoms with van der Waals surface area (Å²) in [6.45, 7) is 5.01. The molecule has 0 radical (unpaired) electrons.